The van der Waals surface area contributed by atoms with Crippen molar-refractivity contribution in [3.8, 4) is 0 Å². The fourth-order valence-corrected chi connectivity index (χ4v) is 2.87. The molecule has 1 aromatic rings. The first-order valence-electron chi connectivity index (χ1n) is 7.52. The van der Waals surface area contributed by atoms with Crippen LogP contribution in [0.15, 0.2) is 18.2 Å². The van der Waals surface area contributed by atoms with Crippen LogP contribution in [0.2, 0.25) is 0 Å². The molecule has 0 aromatic heterocycles. The van der Waals surface area contributed by atoms with E-state index < -0.39 is 0 Å². The van der Waals surface area contributed by atoms with Gasteiger partial charge >= 0.3 is 0 Å². The molecular weight excluding hydrogens is 268 g/mol. The van der Waals surface area contributed by atoms with Gasteiger partial charge in [0.05, 0.1) is 18.0 Å². The molecule has 114 valence electrons. The number of fused-ring (bicyclic) bond motifs is 1. The lowest BCUT2D eigenvalue weighted by molar-refractivity contribution is 0.0615. The van der Waals surface area contributed by atoms with Gasteiger partial charge in [-0.1, -0.05) is 0 Å². The van der Waals surface area contributed by atoms with Crippen LogP contribution in [0.25, 0.3) is 0 Å². The second-order valence-electron chi connectivity index (χ2n) is 5.47. The van der Waals surface area contributed by atoms with Crippen molar-refractivity contribution in [2.75, 3.05) is 63.1 Å². The number of carbonyl (C=O) groups excluding carboxylic acids is 1. The third kappa shape index (κ3) is 3.11. The number of nitrogens with zero attached hydrogens (tertiary/aromatic N) is 2. The Morgan fingerprint density at radius 1 is 1.10 bits per heavy atom. The summed E-state index contributed by atoms with van der Waals surface area (Å²) in [4.78, 5) is 16.6. The van der Waals surface area contributed by atoms with Crippen molar-refractivity contribution in [3.63, 3.8) is 0 Å². The summed E-state index contributed by atoms with van der Waals surface area (Å²) in [5.41, 5.74) is 2.80. The number of carbonyl (C=O) groups is 1. The van der Waals surface area contributed by atoms with Gasteiger partial charge in [-0.15, -0.1) is 0 Å². The highest BCUT2D eigenvalue weighted by Gasteiger charge is 2.22. The van der Waals surface area contributed by atoms with Crippen molar-refractivity contribution in [1.82, 2.24) is 9.80 Å². The Kier molecular flexibility index (Phi) is 4.26. The van der Waals surface area contributed by atoms with Crippen LogP contribution in [0.4, 0.5) is 11.4 Å². The maximum absolute atomic E-state index is 12.6. The number of hydrogen-bond acceptors (Lipinski definition) is 5. The average Bonchev–Trinajstić information content (AvgIpc) is 2.55. The molecule has 0 atom stereocenters. The minimum absolute atomic E-state index is 0.0915. The topological polar surface area (TPSA) is 67.8 Å². The lowest BCUT2D eigenvalue weighted by Gasteiger charge is -2.34. The monoisotopic (exact) mass is 290 g/mol. The molecular formula is C15H22N4O2. The molecule has 0 unspecified atom stereocenters. The Hall–Kier alpha value is -1.79. The maximum atomic E-state index is 12.6. The van der Waals surface area contributed by atoms with Crippen LogP contribution in [0.3, 0.4) is 0 Å². The Morgan fingerprint density at radius 3 is 2.52 bits per heavy atom. The predicted molar refractivity (Wildman–Crippen MR) is 82.9 cm³/mol. The molecule has 3 rings (SSSR count). The highest BCUT2D eigenvalue weighted by molar-refractivity contribution is 5.96. The van der Waals surface area contributed by atoms with E-state index >= 15 is 0 Å². The van der Waals surface area contributed by atoms with E-state index in [-0.39, 0.29) is 12.5 Å². The predicted octanol–water partition coefficient (Wildman–Crippen LogP) is 0.274. The Bertz CT molecular complexity index is 512. The van der Waals surface area contributed by atoms with E-state index in [4.69, 9.17) is 5.11 Å². The first-order chi connectivity index (χ1) is 10.3. The van der Waals surface area contributed by atoms with Gasteiger partial charge in [0.2, 0.25) is 0 Å². The number of aliphatic hydroxyl groups excluding tert-OH is 1. The van der Waals surface area contributed by atoms with E-state index in [0.717, 1.165) is 56.2 Å². The molecule has 1 fully saturated rings. The molecule has 6 heteroatoms. The van der Waals surface area contributed by atoms with E-state index in [1.807, 2.05) is 23.1 Å². The Morgan fingerprint density at radius 2 is 1.81 bits per heavy atom. The van der Waals surface area contributed by atoms with Gasteiger partial charge in [0.15, 0.2) is 0 Å². The SMILES string of the molecule is O=C(c1ccc2c(c1)NCCN2)N1CCN(CCO)CC1. The first kappa shape index (κ1) is 14.2. The second kappa shape index (κ2) is 6.32. The van der Waals surface area contributed by atoms with Crippen LogP contribution in [0.1, 0.15) is 10.4 Å². The third-order valence-corrected chi connectivity index (χ3v) is 4.10. The summed E-state index contributed by atoms with van der Waals surface area (Å²) in [6, 6.07) is 5.79. The summed E-state index contributed by atoms with van der Waals surface area (Å²) >= 11 is 0. The zero-order valence-corrected chi connectivity index (χ0v) is 12.1. The molecule has 2 heterocycles. The van der Waals surface area contributed by atoms with E-state index in [1.165, 1.54) is 0 Å². The van der Waals surface area contributed by atoms with Crippen LogP contribution in [0, 0.1) is 0 Å². The standard InChI is InChI=1S/C15H22N4O2/c20-10-9-18-5-7-19(8-6-18)15(21)12-1-2-13-14(11-12)17-4-3-16-13/h1-2,11,16-17,20H,3-10H2. The highest BCUT2D eigenvalue weighted by atomic mass is 16.3. The van der Waals surface area contributed by atoms with Crippen molar-refractivity contribution in [1.29, 1.82) is 0 Å². The number of aliphatic hydroxyl groups is 1. The number of nitrogens with one attached hydrogen (secondary N) is 2. The molecule has 3 N–H and O–H groups in total. The summed E-state index contributed by atoms with van der Waals surface area (Å²) in [7, 11) is 0. The average molecular weight is 290 g/mol. The summed E-state index contributed by atoms with van der Waals surface area (Å²) < 4.78 is 0. The number of anilines is 2. The van der Waals surface area contributed by atoms with Gasteiger partial charge in [0.25, 0.3) is 5.91 Å². The fourth-order valence-electron chi connectivity index (χ4n) is 2.87. The molecule has 0 radical (unpaired) electrons. The maximum Gasteiger partial charge on any atom is 0.254 e. The number of hydrogen-bond donors (Lipinski definition) is 3. The van der Waals surface area contributed by atoms with Crippen LogP contribution >= 0.6 is 0 Å². The van der Waals surface area contributed by atoms with Gasteiger partial charge in [-0.05, 0) is 18.2 Å². The molecule has 1 aromatic carbocycles. The van der Waals surface area contributed by atoms with Gasteiger partial charge < -0.3 is 20.6 Å². The minimum Gasteiger partial charge on any atom is -0.395 e. The second-order valence-corrected chi connectivity index (χ2v) is 5.47. The lowest BCUT2D eigenvalue weighted by atomic mass is 10.1. The largest absolute Gasteiger partial charge is 0.395 e. The van der Waals surface area contributed by atoms with Crippen LogP contribution < -0.4 is 10.6 Å². The number of benzene rings is 1. The molecule has 6 nitrogen and oxygen atoms in total. The molecule has 2 aliphatic rings. The minimum atomic E-state index is 0.0915. The molecule has 21 heavy (non-hydrogen) atoms. The zero-order chi connectivity index (χ0) is 14.7. The third-order valence-electron chi connectivity index (χ3n) is 4.10. The van der Waals surface area contributed by atoms with Gasteiger partial charge in [0, 0.05) is 51.4 Å². The Balaban J connectivity index is 1.66. The first-order valence-corrected chi connectivity index (χ1v) is 7.52. The molecule has 1 amide bonds. The number of β-amino-alcohol motifs (C(OH)–C–C–N with tert-alkyl or cyclic N) is 1. The van der Waals surface area contributed by atoms with E-state index in [0.29, 0.717) is 6.54 Å². The Labute approximate surface area is 124 Å². The molecule has 0 bridgehead atoms. The van der Waals surface area contributed by atoms with E-state index in [2.05, 4.69) is 15.5 Å². The van der Waals surface area contributed by atoms with Gasteiger partial charge in [-0.3, -0.25) is 9.69 Å². The van der Waals surface area contributed by atoms with Crippen molar-refractivity contribution >= 4 is 17.3 Å². The van der Waals surface area contributed by atoms with E-state index in [9.17, 15) is 4.79 Å². The number of rotatable bonds is 3. The molecule has 0 saturated carbocycles. The fraction of sp³-hybridized carbons (Fsp3) is 0.533. The van der Waals surface area contributed by atoms with Gasteiger partial charge in [-0.25, -0.2) is 0 Å². The molecule has 0 spiro atoms. The summed E-state index contributed by atoms with van der Waals surface area (Å²) in [6.07, 6.45) is 0. The van der Waals surface area contributed by atoms with Crippen molar-refractivity contribution in [2.45, 2.75) is 0 Å². The lowest BCUT2D eigenvalue weighted by Crippen LogP contribution is -2.49. The van der Waals surface area contributed by atoms with Crippen molar-refractivity contribution in [2.24, 2.45) is 0 Å². The summed E-state index contributed by atoms with van der Waals surface area (Å²) in [5, 5.41) is 15.6. The van der Waals surface area contributed by atoms with Crippen LogP contribution in [-0.4, -0.2) is 73.2 Å². The van der Waals surface area contributed by atoms with Crippen molar-refractivity contribution in [3.05, 3.63) is 23.8 Å². The highest BCUT2D eigenvalue weighted by Crippen LogP contribution is 2.26. The molecule has 0 aliphatic carbocycles. The van der Waals surface area contributed by atoms with Crippen LogP contribution in [-0.2, 0) is 0 Å². The molecule has 1 saturated heterocycles. The van der Waals surface area contributed by atoms with Crippen LogP contribution in [0.5, 0.6) is 0 Å². The summed E-state index contributed by atoms with van der Waals surface area (Å²) in [6.45, 7) is 5.77. The van der Waals surface area contributed by atoms with Gasteiger partial charge in [-0.2, -0.15) is 0 Å². The van der Waals surface area contributed by atoms with Gasteiger partial charge in [0.1, 0.15) is 0 Å². The molecule has 2 aliphatic heterocycles. The quantitative estimate of drug-likeness (QED) is 0.746. The smallest absolute Gasteiger partial charge is 0.254 e. The zero-order valence-electron chi connectivity index (χ0n) is 12.1. The van der Waals surface area contributed by atoms with Crippen molar-refractivity contribution < 1.29 is 9.90 Å². The number of piperazine rings is 1. The van der Waals surface area contributed by atoms with E-state index in [1.54, 1.807) is 0 Å². The number of amides is 1. The normalized spacial score (nSPS) is 18.6. The summed E-state index contributed by atoms with van der Waals surface area (Å²) in [5.74, 6) is 0.0915.